The molecule has 2 heterocycles. The molecular formula is C13H15ClN2O2. The van der Waals surface area contributed by atoms with E-state index in [1.165, 1.54) is 10.5 Å². The normalized spacial score (nSPS) is 20.6. The number of hydrogen-bond donors (Lipinski definition) is 2. The van der Waals surface area contributed by atoms with E-state index in [0.29, 0.717) is 13.1 Å². The van der Waals surface area contributed by atoms with Crippen molar-refractivity contribution in [2.75, 3.05) is 25.0 Å². The van der Waals surface area contributed by atoms with Gasteiger partial charge in [0.1, 0.15) is 0 Å². The second-order valence-electron chi connectivity index (χ2n) is 5.09. The highest BCUT2D eigenvalue weighted by Crippen LogP contribution is 2.44. The summed E-state index contributed by atoms with van der Waals surface area (Å²) in [6.45, 7) is 2.09. The van der Waals surface area contributed by atoms with E-state index < -0.39 is 6.09 Å². The molecule has 0 atom stereocenters. The Hall–Kier alpha value is -1.42. The highest BCUT2D eigenvalue weighted by atomic mass is 35.5. The Balaban J connectivity index is 1.88. The summed E-state index contributed by atoms with van der Waals surface area (Å²) in [5.41, 5.74) is 2.45. The van der Waals surface area contributed by atoms with Crippen LogP contribution in [0.25, 0.3) is 0 Å². The molecule has 1 aromatic carbocycles. The monoisotopic (exact) mass is 266 g/mol. The van der Waals surface area contributed by atoms with Gasteiger partial charge in [-0.1, -0.05) is 11.6 Å². The maximum Gasteiger partial charge on any atom is 0.407 e. The van der Waals surface area contributed by atoms with E-state index >= 15 is 0 Å². The molecule has 0 unspecified atom stereocenters. The quantitative estimate of drug-likeness (QED) is 0.759. The van der Waals surface area contributed by atoms with Gasteiger partial charge < -0.3 is 15.3 Å². The molecule has 1 fully saturated rings. The maximum absolute atomic E-state index is 10.9. The van der Waals surface area contributed by atoms with E-state index in [1.54, 1.807) is 0 Å². The minimum absolute atomic E-state index is 0.0617. The number of rotatable bonds is 0. The summed E-state index contributed by atoms with van der Waals surface area (Å²) in [7, 11) is 0. The van der Waals surface area contributed by atoms with Gasteiger partial charge in [-0.2, -0.15) is 0 Å². The summed E-state index contributed by atoms with van der Waals surface area (Å²) in [6.07, 6.45) is 0.904. The molecule has 0 aliphatic carbocycles. The molecule has 0 saturated carbocycles. The smallest absolute Gasteiger partial charge is 0.407 e. The van der Waals surface area contributed by atoms with Crippen molar-refractivity contribution in [1.29, 1.82) is 0 Å². The zero-order chi connectivity index (χ0) is 12.8. The van der Waals surface area contributed by atoms with Gasteiger partial charge in [0.2, 0.25) is 0 Å². The van der Waals surface area contributed by atoms with Crippen LogP contribution in [0.15, 0.2) is 18.2 Å². The van der Waals surface area contributed by atoms with Crippen molar-refractivity contribution in [3.05, 3.63) is 28.8 Å². The molecule has 2 aliphatic heterocycles. The van der Waals surface area contributed by atoms with Gasteiger partial charge in [-0.05, 0) is 36.6 Å². The third-order valence-corrected chi connectivity index (χ3v) is 4.40. The van der Waals surface area contributed by atoms with Crippen LogP contribution in [0.3, 0.4) is 0 Å². The van der Waals surface area contributed by atoms with E-state index in [1.807, 2.05) is 18.2 Å². The van der Waals surface area contributed by atoms with Gasteiger partial charge in [0, 0.05) is 35.8 Å². The standard InChI is InChI=1S/C13H15ClN2O2/c14-9-1-2-11-10(7-9)13(8-15-11)3-5-16(6-4-13)12(17)18/h1-2,7,15H,3-6,8H2,(H,17,18). The number of halogens is 1. The molecule has 1 aromatic rings. The number of anilines is 1. The average molecular weight is 267 g/mol. The number of carboxylic acid groups (broad SMARTS) is 1. The van der Waals surface area contributed by atoms with E-state index in [4.69, 9.17) is 16.7 Å². The summed E-state index contributed by atoms with van der Waals surface area (Å²) in [5, 5.41) is 13.2. The van der Waals surface area contributed by atoms with E-state index in [9.17, 15) is 4.79 Å². The Bertz CT molecular complexity index is 496. The summed E-state index contributed by atoms with van der Waals surface area (Å²) in [6, 6.07) is 5.92. The van der Waals surface area contributed by atoms with Crippen molar-refractivity contribution in [2.24, 2.45) is 0 Å². The Labute approximate surface area is 111 Å². The van der Waals surface area contributed by atoms with Gasteiger partial charge in [0.05, 0.1) is 0 Å². The Morgan fingerprint density at radius 3 is 2.78 bits per heavy atom. The van der Waals surface area contributed by atoms with Gasteiger partial charge in [-0.15, -0.1) is 0 Å². The molecule has 18 heavy (non-hydrogen) atoms. The maximum atomic E-state index is 10.9. The molecule has 0 bridgehead atoms. The third-order valence-electron chi connectivity index (χ3n) is 4.16. The first kappa shape index (κ1) is 11.7. The van der Waals surface area contributed by atoms with Crippen molar-refractivity contribution in [3.8, 4) is 0 Å². The largest absolute Gasteiger partial charge is 0.465 e. The number of carbonyl (C=O) groups is 1. The molecule has 2 N–H and O–H groups in total. The topological polar surface area (TPSA) is 52.6 Å². The molecule has 1 saturated heterocycles. The predicted molar refractivity (Wildman–Crippen MR) is 70.5 cm³/mol. The number of likely N-dealkylation sites (tertiary alicyclic amines) is 1. The molecule has 4 nitrogen and oxygen atoms in total. The number of benzene rings is 1. The van der Waals surface area contributed by atoms with Gasteiger partial charge in [0.15, 0.2) is 0 Å². The van der Waals surface area contributed by atoms with Crippen LogP contribution in [0.2, 0.25) is 5.02 Å². The fraction of sp³-hybridized carbons (Fsp3) is 0.462. The Morgan fingerprint density at radius 2 is 2.11 bits per heavy atom. The highest BCUT2D eigenvalue weighted by molar-refractivity contribution is 6.30. The summed E-state index contributed by atoms with van der Waals surface area (Å²) >= 11 is 6.07. The van der Waals surface area contributed by atoms with E-state index in [-0.39, 0.29) is 5.41 Å². The van der Waals surface area contributed by atoms with Crippen LogP contribution in [-0.2, 0) is 5.41 Å². The first-order valence-corrected chi connectivity index (χ1v) is 6.50. The summed E-state index contributed by atoms with van der Waals surface area (Å²) in [5.74, 6) is 0. The van der Waals surface area contributed by atoms with Gasteiger partial charge in [-0.25, -0.2) is 4.79 Å². The lowest BCUT2D eigenvalue weighted by molar-refractivity contribution is 0.119. The van der Waals surface area contributed by atoms with Crippen molar-refractivity contribution in [1.82, 2.24) is 4.90 Å². The number of hydrogen-bond acceptors (Lipinski definition) is 2. The van der Waals surface area contributed by atoms with Gasteiger partial charge in [0.25, 0.3) is 0 Å². The van der Waals surface area contributed by atoms with Crippen LogP contribution < -0.4 is 5.32 Å². The number of amides is 1. The Kier molecular flexibility index (Phi) is 2.63. The highest BCUT2D eigenvalue weighted by Gasteiger charge is 2.42. The molecular weight excluding hydrogens is 252 g/mol. The van der Waals surface area contributed by atoms with Crippen molar-refractivity contribution < 1.29 is 9.90 Å². The van der Waals surface area contributed by atoms with Gasteiger partial charge >= 0.3 is 6.09 Å². The zero-order valence-electron chi connectivity index (χ0n) is 9.95. The van der Waals surface area contributed by atoms with Gasteiger partial charge in [-0.3, -0.25) is 0 Å². The molecule has 1 amide bonds. The minimum Gasteiger partial charge on any atom is -0.465 e. The van der Waals surface area contributed by atoms with Crippen LogP contribution in [0.4, 0.5) is 10.5 Å². The molecule has 2 aliphatic rings. The minimum atomic E-state index is -0.817. The first-order valence-electron chi connectivity index (χ1n) is 6.13. The zero-order valence-corrected chi connectivity index (χ0v) is 10.7. The number of fused-ring (bicyclic) bond motifs is 2. The molecule has 96 valence electrons. The molecule has 5 heteroatoms. The average Bonchev–Trinajstić information content (AvgIpc) is 2.69. The summed E-state index contributed by atoms with van der Waals surface area (Å²) < 4.78 is 0. The SMILES string of the molecule is O=C(O)N1CCC2(CC1)CNc1ccc(Cl)cc12. The summed E-state index contributed by atoms with van der Waals surface area (Å²) in [4.78, 5) is 12.4. The Morgan fingerprint density at radius 1 is 1.39 bits per heavy atom. The first-order chi connectivity index (χ1) is 8.61. The molecule has 0 aromatic heterocycles. The third kappa shape index (κ3) is 1.72. The van der Waals surface area contributed by atoms with Crippen LogP contribution in [-0.4, -0.2) is 35.7 Å². The van der Waals surface area contributed by atoms with E-state index in [2.05, 4.69) is 5.32 Å². The lowest BCUT2D eigenvalue weighted by atomic mass is 9.74. The predicted octanol–water partition coefficient (Wildman–Crippen LogP) is 2.78. The molecule has 1 spiro atoms. The number of nitrogens with zero attached hydrogens (tertiary/aromatic N) is 1. The lowest BCUT2D eigenvalue weighted by Gasteiger charge is -2.38. The second kappa shape index (κ2) is 4.05. The van der Waals surface area contributed by atoms with Crippen LogP contribution in [0.1, 0.15) is 18.4 Å². The van der Waals surface area contributed by atoms with Crippen LogP contribution >= 0.6 is 11.6 Å². The molecule has 3 rings (SSSR count). The van der Waals surface area contributed by atoms with E-state index in [0.717, 1.165) is 30.1 Å². The molecule has 0 radical (unpaired) electrons. The number of nitrogens with one attached hydrogen (secondary N) is 1. The second-order valence-corrected chi connectivity index (χ2v) is 5.53. The van der Waals surface area contributed by atoms with Crippen molar-refractivity contribution in [2.45, 2.75) is 18.3 Å². The fourth-order valence-electron chi connectivity index (χ4n) is 3.04. The fourth-order valence-corrected chi connectivity index (χ4v) is 3.21. The van der Waals surface area contributed by atoms with Crippen LogP contribution in [0, 0.1) is 0 Å². The number of piperidine rings is 1. The van der Waals surface area contributed by atoms with Crippen molar-refractivity contribution in [3.63, 3.8) is 0 Å². The lowest BCUT2D eigenvalue weighted by Crippen LogP contribution is -2.45. The van der Waals surface area contributed by atoms with Crippen molar-refractivity contribution >= 4 is 23.4 Å². The van der Waals surface area contributed by atoms with Crippen LogP contribution in [0.5, 0.6) is 0 Å².